The molecule has 26 heavy (non-hydrogen) atoms. The Morgan fingerprint density at radius 3 is 2.62 bits per heavy atom. The summed E-state index contributed by atoms with van der Waals surface area (Å²) in [5, 5.41) is 0. The number of methoxy groups -OCH3 is 1. The highest BCUT2D eigenvalue weighted by molar-refractivity contribution is 5.77. The van der Waals surface area contributed by atoms with Crippen molar-refractivity contribution < 1.29 is 18.7 Å². The van der Waals surface area contributed by atoms with Crippen molar-refractivity contribution in [1.29, 1.82) is 0 Å². The normalized spacial score (nSPS) is 19.0. The summed E-state index contributed by atoms with van der Waals surface area (Å²) in [5.74, 6) is 0.240. The van der Waals surface area contributed by atoms with Gasteiger partial charge in [0.25, 0.3) is 0 Å². The third kappa shape index (κ3) is 6.34. The van der Waals surface area contributed by atoms with E-state index in [4.69, 9.17) is 9.47 Å². The molecule has 146 valence electrons. The van der Waals surface area contributed by atoms with Crippen molar-refractivity contribution in [3.8, 4) is 0 Å². The number of hydrogen-bond acceptors (Lipinski definition) is 4. The molecule has 0 radical (unpaired) electrons. The molecule has 1 amide bonds. The smallest absolute Gasteiger partial charge is 0.248 e. The monoisotopic (exact) mass is 366 g/mol. The summed E-state index contributed by atoms with van der Waals surface area (Å²) in [6.45, 7) is 8.54. The van der Waals surface area contributed by atoms with Crippen LogP contribution in [-0.4, -0.2) is 68.3 Å². The van der Waals surface area contributed by atoms with Gasteiger partial charge >= 0.3 is 0 Å². The van der Waals surface area contributed by atoms with Gasteiger partial charge in [0, 0.05) is 39.3 Å². The molecule has 0 bridgehead atoms. The van der Waals surface area contributed by atoms with Crippen molar-refractivity contribution in [1.82, 2.24) is 9.80 Å². The molecule has 0 spiro atoms. The molecule has 1 heterocycles. The number of rotatable bonds is 8. The average Bonchev–Trinajstić information content (AvgIpc) is 2.83. The largest absolute Gasteiger partial charge is 0.382 e. The van der Waals surface area contributed by atoms with Crippen LogP contribution in [0.5, 0.6) is 0 Å². The van der Waals surface area contributed by atoms with Gasteiger partial charge in [-0.2, -0.15) is 0 Å². The van der Waals surface area contributed by atoms with Crippen LogP contribution in [0.3, 0.4) is 0 Å². The van der Waals surface area contributed by atoms with Gasteiger partial charge in [0.05, 0.1) is 13.2 Å². The highest BCUT2D eigenvalue weighted by Crippen LogP contribution is 2.20. The van der Waals surface area contributed by atoms with Crippen LogP contribution in [0.15, 0.2) is 24.3 Å². The second kappa shape index (κ2) is 10.6. The molecule has 1 saturated heterocycles. The van der Waals surface area contributed by atoms with Crippen LogP contribution in [0.1, 0.15) is 25.8 Å². The molecule has 0 aromatic heterocycles. The molecule has 2 rings (SSSR count). The predicted octanol–water partition coefficient (Wildman–Crippen LogP) is 2.55. The molecule has 0 aliphatic carbocycles. The van der Waals surface area contributed by atoms with E-state index in [1.807, 2.05) is 17.0 Å². The van der Waals surface area contributed by atoms with E-state index < -0.39 is 0 Å². The lowest BCUT2D eigenvalue weighted by molar-refractivity contribution is -0.137. The first-order chi connectivity index (χ1) is 12.5. The Hall–Kier alpha value is -1.50. The summed E-state index contributed by atoms with van der Waals surface area (Å²) >= 11 is 0. The number of nitrogens with zero attached hydrogens (tertiary/aromatic N) is 2. The zero-order chi connectivity index (χ0) is 18.9. The van der Waals surface area contributed by atoms with E-state index in [0.717, 1.165) is 31.6 Å². The fourth-order valence-electron chi connectivity index (χ4n) is 3.34. The summed E-state index contributed by atoms with van der Waals surface area (Å²) < 4.78 is 23.5. The highest BCUT2D eigenvalue weighted by Gasteiger charge is 2.29. The lowest BCUT2D eigenvalue weighted by atomic mass is 10.0. The maximum atomic E-state index is 13.1. The van der Waals surface area contributed by atoms with Gasteiger partial charge in [-0.25, -0.2) is 4.39 Å². The Morgan fingerprint density at radius 1 is 1.23 bits per heavy atom. The van der Waals surface area contributed by atoms with Gasteiger partial charge in [0.2, 0.25) is 5.91 Å². The molecule has 5 nitrogen and oxygen atoms in total. The number of carbonyl (C=O) groups is 1. The van der Waals surface area contributed by atoms with E-state index in [1.54, 1.807) is 7.11 Å². The maximum Gasteiger partial charge on any atom is 0.248 e. The Bertz CT molecular complexity index is 550. The van der Waals surface area contributed by atoms with Crippen LogP contribution in [0.4, 0.5) is 4.39 Å². The Labute approximate surface area is 156 Å². The molecule has 1 atom stereocenters. The summed E-state index contributed by atoms with van der Waals surface area (Å²) in [6.07, 6.45) is 0.925. The van der Waals surface area contributed by atoms with Crippen molar-refractivity contribution >= 4 is 5.91 Å². The third-order valence-corrected chi connectivity index (χ3v) is 4.83. The topological polar surface area (TPSA) is 42.0 Å². The van der Waals surface area contributed by atoms with Gasteiger partial charge < -0.3 is 14.4 Å². The summed E-state index contributed by atoms with van der Waals surface area (Å²) in [6, 6.07) is 6.95. The molecule has 1 aromatic rings. The highest BCUT2D eigenvalue weighted by atomic mass is 19.1. The fraction of sp³-hybridized carbons (Fsp3) is 0.650. The number of ether oxygens (including phenoxy) is 2. The first kappa shape index (κ1) is 20.8. The van der Waals surface area contributed by atoms with Crippen LogP contribution in [0, 0.1) is 11.7 Å². The van der Waals surface area contributed by atoms with Gasteiger partial charge in [0.1, 0.15) is 12.4 Å². The molecule has 1 aliphatic rings. The van der Waals surface area contributed by atoms with Crippen molar-refractivity contribution in [2.45, 2.75) is 32.9 Å². The minimum atomic E-state index is -0.213. The number of halogens is 1. The summed E-state index contributed by atoms with van der Waals surface area (Å²) in [4.78, 5) is 16.8. The zero-order valence-electron chi connectivity index (χ0n) is 16.1. The number of amides is 1. The second-order valence-corrected chi connectivity index (χ2v) is 7.15. The molecule has 1 aromatic carbocycles. The SMILES string of the molecule is COCCOCC(=O)N1CCCN(Cc2ccc(F)cc2)[C@@H](C(C)C)C1. The van der Waals surface area contributed by atoms with E-state index >= 15 is 0 Å². The first-order valence-electron chi connectivity index (χ1n) is 9.34. The van der Waals surface area contributed by atoms with E-state index in [2.05, 4.69) is 18.7 Å². The standard InChI is InChI=1S/C20H31FN2O3/c1-16(2)19-14-23(20(24)15-26-12-11-25-3)10-4-9-22(19)13-17-5-7-18(21)8-6-17/h5-8,16,19H,4,9-15H2,1-3H3/t19-/m1/s1. The minimum Gasteiger partial charge on any atom is -0.382 e. The van der Waals surface area contributed by atoms with E-state index in [9.17, 15) is 9.18 Å². The van der Waals surface area contributed by atoms with Gasteiger partial charge in [-0.15, -0.1) is 0 Å². The Kier molecular flexibility index (Phi) is 8.48. The van der Waals surface area contributed by atoms with Crippen LogP contribution in [0.25, 0.3) is 0 Å². The van der Waals surface area contributed by atoms with Crippen LogP contribution < -0.4 is 0 Å². The Balaban J connectivity index is 1.97. The molecule has 0 N–H and O–H groups in total. The van der Waals surface area contributed by atoms with Crippen LogP contribution >= 0.6 is 0 Å². The fourth-order valence-corrected chi connectivity index (χ4v) is 3.34. The molecular weight excluding hydrogens is 335 g/mol. The summed E-state index contributed by atoms with van der Waals surface area (Å²) in [7, 11) is 1.61. The minimum absolute atomic E-state index is 0.0374. The van der Waals surface area contributed by atoms with Crippen LogP contribution in [-0.2, 0) is 20.8 Å². The van der Waals surface area contributed by atoms with E-state index in [-0.39, 0.29) is 24.4 Å². The molecule has 0 unspecified atom stereocenters. The van der Waals surface area contributed by atoms with Crippen molar-refractivity contribution in [2.24, 2.45) is 5.92 Å². The average molecular weight is 366 g/mol. The van der Waals surface area contributed by atoms with Crippen molar-refractivity contribution in [3.05, 3.63) is 35.6 Å². The maximum absolute atomic E-state index is 13.1. The van der Waals surface area contributed by atoms with Gasteiger partial charge in [0.15, 0.2) is 0 Å². The Morgan fingerprint density at radius 2 is 1.96 bits per heavy atom. The third-order valence-electron chi connectivity index (χ3n) is 4.83. The van der Waals surface area contributed by atoms with Crippen LogP contribution in [0.2, 0.25) is 0 Å². The van der Waals surface area contributed by atoms with Crippen molar-refractivity contribution in [3.63, 3.8) is 0 Å². The summed E-state index contributed by atoms with van der Waals surface area (Å²) in [5.41, 5.74) is 1.10. The van der Waals surface area contributed by atoms with E-state index in [0.29, 0.717) is 25.7 Å². The lowest BCUT2D eigenvalue weighted by Crippen LogP contribution is -2.46. The quantitative estimate of drug-likeness (QED) is 0.663. The van der Waals surface area contributed by atoms with Gasteiger partial charge in [-0.05, 0) is 30.0 Å². The number of carbonyl (C=O) groups excluding carboxylic acids is 1. The zero-order valence-corrected chi connectivity index (χ0v) is 16.1. The predicted molar refractivity (Wildman–Crippen MR) is 99.3 cm³/mol. The first-order valence-corrected chi connectivity index (χ1v) is 9.34. The van der Waals surface area contributed by atoms with Crippen molar-refractivity contribution in [2.75, 3.05) is 46.6 Å². The number of benzene rings is 1. The molecule has 1 fully saturated rings. The van der Waals surface area contributed by atoms with E-state index in [1.165, 1.54) is 12.1 Å². The lowest BCUT2D eigenvalue weighted by Gasteiger charge is -2.34. The second-order valence-electron chi connectivity index (χ2n) is 7.15. The molecule has 6 heteroatoms. The van der Waals surface area contributed by atoms with Gasteiger partial charge in [-0.1, -0.05) is 26.0 Å². The molecular formula is C20H31FN2O3. The molecule has 1 aliphatic heterocycles. The molecule has 0 saturated carbocycles. The van der Waals surface area contributed by atoms with Gasteiger partial charge in [-0.3, -0.25) is 9.69 Å². The number of hydrogen-bond donors (Lipinski definition) is 0.